The molecule has 2 atom stereocenters. The van der Waals surface area contributed by atoms with Gasteiger partial charge in [-0.3, -0.25) is 4.79 Å². The summed E-state index contributed by atoms with van der Waals surface area (Å²) >= 11 is 0. The first-order valence-electron chi connectivity index (χ1n) is 7.92. The summed E-state index contributed by atoms with van der Waals surface area (Å²) in [5.74, 6) is -3.82. The average molecular weight is 361 g/mol. The number of carboxylic acid groups (broad SMARTS) is 3. The molecule has 6 N–H and O–H groups in total. The van der Waals surface area contributed by atoms with Crippen molar-refractivity contribution in [2.75, 3.05) is 6.54 Å². The van der Waals surface area contributed by atoms with Gasteiger partial charge in [-0.15, -0.1) is 0 Å². The van der Waals surface area contributed by atoms with Crippen LogP contribution in [0.4, 0.5) is 4.79 Å². The van der Waals surface area contributed by atoms with E-state index in [1.807, 2.05) is 20.8 Å². The summed E-state index contributed by atoms with van der Waals surface area (Å²) in [4.78, 5) is 44.5. The number of urea groups is 1. The molecule has 0 fully saturated rings. The molecule has 0 rings (SSSR count). The highest BCUT2D eigenvalue weighted by Crippen LogP contribution is 2.03. The van der Waals surface area contributed by atoms with Crippen LogP contribution in [-0.4, -0.2) is 63.4 Å². The first kappa shape index (κ1) is 22.6. The highest BCUT2D eigenvalue weighted by Gasteiger charge is 2.24. The Bertz CT molecular complexity index is 488. The van der Waals surface area contributed by atoms with Crippen LogP contribution in [0.1, 0.15) is 46.5 Å². The zero-order valence-corrected chi connectivity index (χ0v) is 14.7. The van der Waals surface area contributed by atoms with Crippen LogP contribution in [0, 0.1) is 0 Å². The Morgan fingerprint density at radius 1 is 0.880 bits per heavy atom. The van der Waals surface area contributed by atoms with Crippen LogP contribution in [0.5, 0.6) is 0 Å². The Kier molecular flexibility index (Phi) is 9.50. The molecule has 0 saturated heterocycles. The molecule has 0 saturated carbocycles. The largest absolute Gasteiger partial charge is 0.481 e. The summed E-state index contributed by atoms with van der Waals surface area (Å²) in [6.07, 6.45) is -0.0714. The van der Waals surface area contributed by atoms with Gasteiger partial charge in [-0.1, -0.05) is 0 Å². The van der Waals surface area contributed by atoms with Crippen LogP contribution in [0.25, 0.3) is 0 Å². The molecule has 0 aromatic heterocycles. The summed E-state index contributed by atoms with van der Waals surface area (Å²) in [7, 11) is 0. The van der Waals surface area contributed by atoms with Gasteiger partial charge in [-0.25, -0.2) is 14.4 Å². The van der Waals surface area contributed by atoms with E-state index < -0.39 is 42.4 Å². The van der Waals surface area contributed by atoms with E-state index in [0.717, 1.165) is 0 Å². The monoisotopic (exact) mass is 361 g/mol. The van der Waals surface area contributed by atoms with Crippen LogP contribution >= 0.6 is 0 Å². The number of carbonyl (C=O) groups is 4. The Morgan fingerprint density at radius 3 is 1.76 bits per heavy atom. The molecule has 0 aliphatic carbocycles. The van der Waals surface area contributed by atoms with Crippen LogP contribution in [0.2, 0.25) is 0 Å². The number of carbonyl (C=O) groups excluding carboxylic acids is 1. The summed E-state index contributed by atoms with van der Waals surface area (Å²) in [6, 6.07) is -3.54. The first-order chi connectivity index (χ1) is 11.4. The van der Waals surface area contributed by atoms with Gasteiger partial charge in [0.1, 0.15) is 12.1 Å². The molecule has 144 valence electrons. The van der Waals surface area contributed by atoms with Crippen molar-refractivity contribution in [3.63, 3.8) is 0 Å². The second-order valence-corrected chi connectivity index (χ2v) is 6.65. The SMILES string of the molecule is CC(C)(C)NCCC[C@H](NC(=O)N[C@@H](CCC(=O)O)C(=O)O)C(=O)O. The molecule has 0 spiro atoms. The van der Waals surface area contributed by atoms with E-state index in [0.29, 0.717) is 13.0 Å². The Hall–Kier alpha value is -2.36. The van der Waals surface area contributed by atoms with E-state index in [-0.39, 0.29) is 18.4 Å². The quantitative estimate of drug-likeness (QED) is 0.284. The second-order valence-electron chi connectivity index (χ2n) is 6.65. The van der Waals surface area contributed by atoms with Gasteiger partial charge >= 0.3 is 23.9 Å². The van der Waals surface area contributed by atoms with E-state index >= 15 is 0 Å². The topological polar surface area (TPSA) is 165 Å². The molecule has 0 aromatic rings. The highest BCUT2D eigenvalue weighted by atomic mass is 16.4. The number of hydrogen-bond donors (Lipinski definition) is 6. The van der Waals surface area contributed by atoms with Crippen LogP contribution in [0.15, 0.2) is 0 Å². The van der Waals surface area contributed by atoms with Gasteiger partial charge in [0.25, 0.3) is 0 Å². The molecule has 0 aromatic carbocycles. The number of aliphatic carboxylic acids is 3. The minimum atomic E-state index is -1.41. The maximum absolute atomic E-state index is 11.8. The fourth-order valence-electron chi connectivity index (χ4n) is 1.91. The molecule has 0 bridgehead atoms. The number of nitrogens with one attached hydrogen (secondary N) is 3. The van der Waals surface area contributed by atoms with Crippen molar-refractivity contribution in [3.05, 3.63) is 0 Å². The molecule has 10 nitrogen and oxygen atoms in total. The summed E-state index contributed by atoms with van der Waals surface area (Å²) < 4.78 is 0. The van der Waals surface area contributed by atoms with Gasteiger partial charge < -0.3 is 31.3 Å². The van der Waals surface area contributed by atoms with Gasteiger partial charge in [0, 0.05) is 12.0 Å². The molecule has 0 aliphatic heterocycles. The highest BCUT2D eigenvalue weighted by molar-refractivity contribution is 5.86. The third-order valence-corrected chi connectivity index (χ3v) is 3.18. The van der Waals surface area contributed by atoms with Crippen molar-refractivity contribution in [3.8, 4) is 0 Å². The zero-order valence-electron chi connectivity index (χ0n) is 14.7. The Morgan fingerprint density at radius 2 is 1.36 bits per heavy atom. The van der Waals surface area contributed by atoms with E-state index in [9.17, 15) is 19.2 Å². The lowest BCUT2D eigenvalue weighted by Gasteiger charge is -2.22. The maximum Gasteiger partial charge on any atom is 0.326 e. The van der Waals surface area contributed by atoms with Crippen LogP contribution in [0.3, 0.4) is 0 Å². The first-order valence-corrected chi connectivity index (χ1v) is 7.92. The van der Waals surface area contributed by atoms with Gasteiger partial charge in [0.2, 0.25) is 0 Å². The predicted octanol–water partition coefficient (Wildman–Crippen LogP) is 0.225. The van der Waals surface area contributed by atoms with Crippen molar-refractivity contribution in [1.29, 1.82) is 0 Å². The van der Waals surface area contributed by atoms with Gasteiger partial charge in [-0.2, -0.15) is 0 Å². The molecule has 0 unspecified atom stereocenters. The molecular formula is C15H27N3O7. The molecule has 25 heavy (non-hydrogen) atoms. The Balaban J connectivity index is 4.48. The standard InChI is InChI=1S/C15H27N3O7/c1-15(2,3)16-8-4-5-9(12(21)22)17-14(25)18-10(13(23)24)6-7-11(19)20/h9-10,16H,4-8H2,1-3H3,(H,19,20)(H,21,22)(H,23,24)(H2,17,18,25)/t9-,10-/m0/s1. The number of carboxylic acids is 3. The van der Waals surface area contributed by atoms with Gasteiger partial charge in [-0.05, 0) is 46.6 Å². The zero-order chi connectivity index (χ0) is 19.6. The Labute approximate surface area is 146 Å². The molecule has 0 radical (unpaired) electrons. The lowest BCUT2D eigenvalue weighted by atomic mass is 10.1. The van der Waals surface area contributed by atoms with Crippen molar-refractivity contribution in [1.82, 2.24) is 16.0 Å². The minimum Gasteiger partial charge on any atom is -0.481 e. The predicted molar refractivity (Wildman–Crippen MR) is 88.4 cm³/mol. The average Bonchev–Trinajstić information content (AvgIpc) is 2.44. The second kappa shape index (κ2) is 10.5. The molecule has 0 heterocycles. The summed E-state index contributed by atoms with van der Waals surface area (Å²) in [5.41, 5.74) is -0.109. The van der Waals surface area contributed by atoms with E-state index in [4.69, 9.17) is 15.3 Å². The van der Waals surface area contributed by atoms with Crippen molar-refractivity contribution in [2.24, 2.45) is 0 Å². The summed E-state index contributed by atoms with van der Waals surface area (Å²) in [6.45, 7) is 6.47. The molecular weight excluding hydrogens is 334 g/mol. The van der Waals surface area contributed by atoms with Crippen LogP contribution < -0.4 is 16.0 Å². The number of rotatable bonds is 11. The lowest BCUT2D eigenvalue weighted by Crippen LogP contribution is -2.51. The molecule has 10 heteroatoms. The van der Waals surface area contributed by atoms with Crippen molar-refractivity contribution >= 4 is 23.9 Å². The minimum absolute atomic E-state index is 0.109. The summed E-state index contributed by atoms with van der Waals surface area (Å²) in [5, 5.41) is 34.1. The lowest BCUT2D eigenvalue weighted by molar-refractivity contribution is -0.140. The number of amides is 2. The molecule has 2 amide bonds. The maximum atomic E-state index is 11.8. The van der Waals surface area contributed by atoms with Crippen molar-refractivity contribution < 1.29 is 34.5 Å². The van der Waals surface area contributed by atoms with E-state index in [2.05, 4.69) is 16.0 Å². The third kappa shape index (κ3) is 11.8. The van der Waals surface area contributed by atoms with Gasteiger partial charge in [0.15, 0.2) is 0 Å². The van der Waals surface area contributed by atoms with E-state index in [1.165, 1.54) is 0 Å². The fraction of sp³-hybridized carbons (Fsp3) is 0.733. The van der Waals surface area contributed by atoms with Gasteiger partial charge in [0.05, 0.1) is 0 Å². The fourth-order valence-corrected chi connectivity index (χ4v) is 1.91. The smallest absolute Gasteiger partial charge is 0.326 e. The van der Waals surface area contributed by atoms with Crippen molar-refractivity contribution in [2.45, 2.75) is 64.1 Å². The number of hydrogen-bond acceptors (Lipinski definition) is 5. The normalized spacial score (nSPS) is 13.6. The third-order valence-electron chi connectivity index (χ3n) is 3.18. The van der Waals surface area contributed by atoms with Crippen LogP contribution in [-0.2, 0) is 14.4 Å². The van der Waals surface area contributed by atoms with E-state index in [1.54, 1.807) is 0 Å². The molecule has 0 aliphatic rings.